The van der Waals surface area contributed by atoms with E-state index in [2.05, 4.69) is 5.32 Å². The maximum Gasteiger partial charge on any atom is 0.407 e. The molecule has 0 saturated carbocycles. The van der Waals surface area contributed by atoms with Gasteiger partial charge >= 0.3 is 6.09 Å². The van der Waals surface area contributed by atoms with Gasteiger partial charge < -0.3 is 19.9 Å². The van der Waals surface area contributed by atoms with Crippen LogP contribution in [-0.2, 0) is 4.74 Å². The fraction of sp³-hybridized carbons (Fsp3) is 0.462. The largest absolute Gasteiger partial charge is 0.493 e. The van der Waals surface area contributed by atoms with Gasteiger partial charge in [0, 0.05) is 16.1 Å². The Balaban J connectivity index is 2.48. The molecule has 0 radical (unpaired) electrons. The normalized spacial score (nSPS) is 19.8. The SMILES string of the molecule is CCOc1c(C(C)O)cc(Cl)cc1C1CNC(=O)O1. The minimum atomic E-state index is -0.718. The van der Waals surface area contributed by atoms with Crippen LogP contribution in [0.3, 0.4) is 0 Å². The first kappa shape index (κ1) is 14.0. The summed E-state index contributed by atoms with van der Waals surface area (Å²) in [5, 5.41) is 12.9. The standard InChI is InChI=1S/C13H16ClNO4/c1-3-18-12-9(7(2)16)4-8(14)5-10(12)11-6-15-13(17)19-11/h4-5,7,11,16H,3,6H2,1-2H3,(H,15,17). The Bertz CT molecular complexity index is 490. The van der Waals surface area contributed by atoms with E-state index in [1.165, 1.54) is 0 Å². The number of carbonyl (C=O) groups excluding carboxylic acids is 1. The van der Waals surface area contributed by atoms with Crippen molar-refractivity contribution >= 4 is 17.7 Å². The van der Waals surface area contributed by atoms with E-state index in [0.29, 0.717) is 35.1 Å². The lowest BCUT2D eigenvalue weighted by Crippen LogP contribution is -2.13. The predicted molar refractivity (Wildman–Crippen MR) is 70.5 cm³/mol. The summed E-state index contributed by atoms with van der Waals surface area (Å²) in [5.41, 5.74) is 1.26. The number of benzene rings is 1. The summed E-state index contributed by atoms with van der Waals surface area (Å²) in [6.07, 6.45) is -1.64. The maximum absolute atomic E-state index is 11.1. The summed E-state index contributed by atoms with van der Waals surface area (Å²) in [6.45, 7) is 4.29. The van der Waals surface area contributed by atoms with Gasteiger partial charge in [-0.15, -0.1) is 0 Å². The van der Waals surface area contributed by atoms with E-state index in [1.54, 1.807) is 19.1 Å². The van der Waals surface area contributed by atoms with E-state index in [-0.39, 0.29) is 0 Å². The molecule has 1 saturated heterocycles. The Labute approximate surface area is 116 Å². The molecule has 0 spiro atoms. The number of halogens is 1. The summed E-state index contributed by atoms with van der Waals surface area (Å²) < 4.78 is 10.7. The highest BCUT2D eigenvalue weighted by molar-refractivity contribution is 6.30. The van der Waals surface area contributed by atoms with Crippen molar-refractivity contribution in [3.05, 3.63) is 28.3 Å². The number of aliphatic hydroxyl groups is 1. The lowest BCUT2D eigenvalue weighted by molar-refractivity contribution is 0.138. The molecule has 2 N–H and O–H groups in total. The fourth-order valence-corrected chi connectivity index (χ4v) is 2.29. The Kier molecular flexibility index (Phi) is 4.17. The van der Waals surface area contributed by atoms with Gasteiger partial charge in [0.2, 0.25) is 0 Å². The van der Waals surface area contributed by atoms with Crippen molar-refractivity contribution in [2.24, 2.45) is 0 Å². The molecule has 0 aliphatic carbocycles. The lowest BCUT2D eigenvalue weighted by atomic mass is 10.0. The van der Waals surface area contributed by atoms with Crippen molar-refractivity contribution in [2.45, 2.75) is 26.1 Å². The van der Waals surface area contributed by atoms with Crippen LogP contribution in [0.1, 0.15) is 37.2 Å². The van der Waals surface area contributed by atoms with E-state index in [1.807, 2.05) is 6.92 Å². The Hall–Kier alpha value is -1.46. The summed E-state index contributed by atoms with van der Waals surface area (Å²) in [7, 11) is 0. The third kappa shape index (κ3) is 2.93. The van der Waals surface area contributed by atoms with Crippen LogP contribution in [0.5, 0.6) is 5.75 Å². The van der Waals surface area contributed by atoms with Crippen molar-refractivity contribution in [1.29, 1.82) is 0 Å². The van der Waals surface area contributed by atoms with Gasteiger partial charge in [-0.2, -0.15) is 0 Å². The third-order valence-electron chi connectivity index (χ3n) is 2.88. The molecule has 0 aromatic heterocycles. The zero-order chi connectivity index (χ0) is 14.0. The number of nitrogens with one attached hydrogen (secondary N) is 1. The second-order valence-corrected chi connectivity index (χ2v) is 4.73. The van der Waals surface area contributed by atoms with Crippen LogP contribution in [0.2, 0.25) is 5.02 Å². The van der Waals surface area contributed by atoms with Gasteiger partial charge in [0.05, 0.1) is 19.3 Å². The van der Waals surface area contributed by atoms with Crippen LogP contribution in [0.25, 0.3) is 0 Å². The van der Waals surface area contributed by atoms with Crippen molar-refractivity contribution in [3.63, 3.8) is 0 Å². The highest BCUT2D eigenvalue weighted by Gasteiger charge is 2.29. The molecule has 2 atom stereocenters. The van der Waals surface area contributed by atoms with Gasteiger partial charge in [0.25, 0.3) is 0 Å². The number of carbonyl (C=O) groups is 1. The Morgan fingerprint density at radius 2 is 2.37 bits per heavy atom. The molecular weight excluding hydrogens is 270 g/mol. The first-order valence-electron chi connectivity index (χ1n) is 6.11. The van der Waals surface area contributed by atoms with Crippen molar-refractivity contribution < 1.29 is 19.4 Å². The zero-order valence-corrected chi connectivity index (χ0v) is 11.5. The number of aliphatic hydroxyl groups excluding tert-OH is 1. The Morgan fingerprint density at radius 3 is 2.89 bits per heavy atom. The zero-order valence-electron chi connectivity index (χ0n) is 10.8. The van der Waals surface area contributed by atoms with Crippen LogP contribution in [0, 0.1) is 0 Å². The smallest absolute Gasteiger partial charge is 0.407 e. The van der Waals surface area contributed by atoms with Crippen LogP contribution >= 0.6 is 11.6 Å². The first-order valence-corrected chi connectivity index (χ1v) is 6.49. The number of cyclic esters (lactones) is 1. The van der Waals surface area contributed by atoms with E-state index in [9.17, 15) is 9.90 Å². The number of hydrogen-bond acceptors (Lipinski definition) is 4. The van der Waals surface area contributed by atoms with Gasteiger partial charge in [0.1, 0.15) is 11.9 Å². The Morgan fingerprint density at radius 1 is 1.63 bits per heavy atom. The van der Waals surface area contributed by atoms with Crippen LogP contribution in [0.4, 0.5) is 4.79 Å². The van der Waals surface area contributed by atoms with Gasteiger partial charge in [-0.1, -0.05) is 11.6 Å². The first-order chi connectivity index (χ1) is 9.02. The molecule has 1 fully saturated rings. The minimum Gasteiger partial charge on any atom is -0.493 e. The molecule has 6 heteroatoms. The molecule has 1 aromatic carbocycles. The van der Waals surface area contributed by atoms with Gasteiger partial charge in [-0.3, -0.25) is 0 Å². The van der Waals surface area contributed by atoms with E-state index in [4.69, 9.17) is 21.1 Å². The highest BCUT2D eigenvalue weighted by atomic mass is 35.5. The van der Waals surface area contributed by atoms with Crippen molar-refractivity contribution in [2.75, 3.05) is 13.2 Å². The van der Waals surface area contributed by atoms with Gasteiger partial charge in [-0.25, -0.2) is 4.79 Å². The van der Waals surface area contributed by atoms with Crippen molar-refractivity contribution in [3.8, 4) is 5.75 Å². The molecule has 1 aromatic rings. The van der Waals surface area contributed by atoms with Crippen LogP contribution in [-0.4, -0.2) is 24.4 Å². The summed E-state index contributed by atoms with van der Waals surface area (Å²) in [5.74, 6) is 0.531. The average Bonchev–Trinajstić information content (AvgIpc) is 2.77. The van der Waals surface area contributed by atoms with E-state index < -0.39 is 18.3 Å². The number of alkyl carbamates (subject to hydrolysis) is 1. The highest BCUT2D eigenvalue weighted by Crippen LogP contribution is 2.38. The van der Waals surface area contributed by atoms with Crippen LogP contribution in [0.15, 0.2) is 12.1 Å². The molecule has 1 heterocycles. The predicted octanol–water partition coefficient (Wildman–Crippen LogP) is 2.57. The number of ether oxygens (including phenoxy) is 2. The quantitative estimate of drug-likeness (QED) is 0.892. The van der Waals surface area contributed by atoms with Gasteiger partial charge in [-0.05, 0) is 26.0 Å². The molecule has 2 unspecified atom stereocenters. The molecule has 1 aliphatic heterocycles. The van der Waals surface area contributed by atoms with Crippen LogP contribution < -0.4 is 10.1 Å². The van der Waals surface area contributed by atoms with E-state index in [0.717, 1.165) is 0 Å². The summed E-state index contributed by atoms with van der Waals surface area (Å²) in [4.78, 5) is 11.1. The molecule has 0 bridgehead atoms. The molecule has 1 amide bonds. The average molecular weight is 286 g/mol. The molecule has 5 nitrogen and oxygen atoms in total. The van der Waals surface area contributed by atoms with Crippen molar-refractivity contribution in [1.82, 2.24) is 5.32 Å². The lowest BCUT2D eigenvalue weighted by Gasteiger charge is -2.19. The minimum absolute atomic E-state index is 0.360. The topological polar surface area (TPSA) is 67.8 Å². The van der Waals surface area contributed by atoms with Gasteiger partial charge in [0.15, 0.2) is 0 Å². The number of amides is 1. The fourth-order valence-electron chi connectivity index (χ4n) is 2.06. The molecule has 2 rings (SSSR count). The number of rotatable bonds is 4. The van der Waals surface area contributed by atoms with E-state index >= 15 is 0 Å². The molecule has 104 valence electrons. The second kappa shape index (κ2) is 5.67. The molecular formula is C13H16ClNO4. The second-order valence-electron chi connectivity index (χ2n) is 4.30. The monoisotopic (exact) mass is 285 g/mol. The third-order valence-corrected chi connectivity index (χ3v) is 3.10. The number of hydrogen-bond donors (Lipinski definition) is 2. The molecule has 1 aliphatic rings. The summed E-state index contributed by atoms with van der Waals surface area (Å²) in [6, 6.07) is 3.36. The summed E-state index contributed by atoms with van der Waals surface area (Å²) >= 11 is 6.05. The molecule has 19 heavy (non-hydrogen) atoms. The maximum atomic E-state index is 11.1.